The average molecular weight is 414 g/mol. The number of nitrogens with zero attached hydrogens (tertiary/aromatic N) is 2. The molecule has 0 saturated carbocycles. The van der Waals surface area contributed by atoms with Crippen molar-refractivity contribution in [2.24, 2.45) is 4.99 Å². The van der Waals surface area contributed by atoms with Gasteiger partial charge in [0.15, 0.2) is 16.7 Å². The van der Waals surface area contributed by atoms with Crippen molar-refractivity contribution in [2.75, 3.05) is 35.5 Å². The van der Waals surface area contributed by atoms with Crippen molar-refractivity contribution in [1.82, 2.24) is 4.90 Å². The van der Waals surface area contributed by atoms with E-state index in [-0.39, 0.29) is 5.91 Å². The van der Waals surface area contributed by atoms with Gasteiger partial charge >= 0.3 is 0 Å². The van der Waals surface area contributed by atoms with Crippen LogP contribution in [0.15, 0.2) is 46.3 Å². The molecule has 0 spiro atoms. The molecular weight excluding hydrogens is 392 g/mol. The number of amidine groups is 1. The molecule has 0 radical (unpaired) electrons. The van der Waals surface area contributed by atoms with Crippen LogP contribution in [0.4, 0.5) is 5.69 Å². The highest BCUT2D eigenvalue weighted by atomic mass is 32.2. The Hall–Kier alpha value is -3.13. The summed E-state index contributed by atoms with van der Waals surface area (Å²) in [6.07, 6.45) is 1.78. The molecule has 1 heterocycles. The summed E-state index contributed by atoms with van der Waals surface area (Å²) in [4.78, 5) is 19.3. The van der Waals surface area contributed by atoms with Gasteiger partial charge in [0.05, 0.1) is 39.0 Å². The van der Waals surface area contributed by atoms with Crippen molar-refractivity contribution in [2.45, 2.75) is 0 Å². The molecule has 8 heteroatoms. The van der Waals surface area contributed by atoms with Gasteiger partial charge in [-0.1, -0.05) is 0 Å². The van der Waals surface area contributed by atoms with Crippen LogP contribution in [0.25, 0.3) is 6.08 Å². The average Bonchev–Trinajstić information content (AvgIpc) is 3.01. The Morgan fingerprint density at radius 1 is 0.931 bits per heavy atom. The maximum absolute atomic E-state index is 12.7. The first kappa shape index (κ1) is 20.6. The summed E-state index contributed by atoms with van der Waals surface area (Å²) < 4.78 is 21.3. The van der Waals surface area contributed by atoms with Gasteiger partial charge in [0.1, 0.15) is 5.75 Å². The fourth-order valence-electron chi connectivity index (χ4n) is 2.75. The van der Waals surface area contributed by atoms with E-state index in [0.29, 0.717) is 27.3 Å². The van der Waals surface area contributed by atoms with Gasteiger partial charge in [0.25, 0.3) is 5.91 Å². The van der Waals surface area contributed by atoms with E-state index in [9.17, 15) is 4.79 Å². The third-order valence-corrected chi connectivity index (χ3v) is 5.35. The van der Waals surface area contributed by atoms with Crippen LogP contribution in [0.2, 0.25) is 0 Å². The molecular formula is C21H22N2O5S. The van der Waals surface area contributed by atoms with Crippen LogP contribution in [0.5, 0.6) is 23.0 Å². The molecule has 0 bridgehead atoms. The zero-order chi connectivity index (χ0) is 21.0. The molecule has 1 amide bonds. The van der Waals surface area contributed by atoms with Crippen molar-refractivity contribution in [1.29, 1.82) is 0 Å². The number of ether oxygens (including phenoxy) is 4. The van der Waals surface area contributed by atoms with Crippen LogP contribution in [0.3, 0.4) is 0 Å². The molecule has 0 N–H and O–H groups in total. The maximum atomic E-state index is 12.7. The van der Waals surface area contributed by atoms with E-state index < -0.39 is 0 Å². The number of rotatable bonds is 6. The van der Waals surface area contributed by atoms with Gasteiger partial charge in [-0.3, -0.25) is 9.69 Å². The largest absolute Gasteiger partial charge is 0.497 e. The van der Waals surface area contributed by atoms with Crippen LogP contribution in [0.1, 0.15) is 5.56 Å². The van der Waals surface area contributed by atoms with Gasteiger partial charge in [-0.15, -0.1) is 0 Å². The highest BCUT2D eigenvalue weighted by Gasteiger charge is 2.30. The molecule has 0 aliphatic carbocycles. The number of methoxy groups -OCH3 is 4. The van der Waals surface area contributed by atoms with E-state index in [1.165, 1.54) is 16.7 Å². The fourth-order valence-corrected chi connectivity index (χ4v) is 3.74. The summed E-state index contributed by atoms with van der Waals surface area (Å²) in [6, 6.07) is 10.9. The van der Waals surface area contributed by atoms with E-state index in [2.05, 4.69) is 4.99 Å². The summed E-state index contributed by atoms with van der Waals surface area (Å²) >= 11 is 1.31. The molecule has 1 fully saturated rings. The van der Waals surface area contributed by atoms with Gasteiger partial charge in [-0.25, -0.2) is 4.99 Å². The summed E-state index contributed by atoms with van der Waals surface area (Å²) in [5, 5.41) is 0.596. The molecule has 1 aliphatic rings. The predicted octanol–water partition coefficient (Wildman–Crippen LogP) is 3.95. The highest BCUT2D eigenvalue weighted by molar-refractivity contribution is 8.18. The minimum absolute atomic E-state index is 0.129. The summed E-state index contributed by atoms with van der Waals surface area (Å²) in [6.45, 7) is 0. The second-order valence-electron chi connectivity index (χ2n) is 6.03. The van der Waals surface area contributed by atoms with E-state index >= 15 is 0 Å². The Labute approximate surface area is 173 Å². The Kier molecular flexibility index (Phi) is 6.33. The molecule has 2 aromatic carbocycles. The number of hydrogen-bond acceptors (Lipinski definition) is 7. The first-order valence-electron chi connectivity index (χ1n) is 8.71. The lowest BCUT2D eigenvalue weighted by molar-refractivity contribution is -0.121. The molecule has 29 heavy (non-hydrogen) atoms. The molecule has 152 valence electrons. The molecule has 0 atom stereocenters. The Balaban J connectivity index is 1.92. The fraction of sp³-hybridized carbons (Fsp3) is 0.238. The van der Waals surface area contributed by atoms with Crippen molar-refractivity contribution in [3.05, 3.63) is 46.9 Å². The molecule has 2 aromatic rings. The van der Waals surface area contributed by atoms with Gasteiger partial charge < -0.3 is 18.9 Å². The number of aliphatic imine (C=N–C) groups is 1. The lowest BCUT2D eigenvalue weighted by atomic mass is 10.1. The van der Waals surface area contributed by atoms with Crippen molar-refractivity contribution < 1.29 is 23.7 Å². The number of hydrogen-bond donors (Lipinski definition) is 0. The van der Waals surface area contributed by atoms with Gasteiger partial charge in [-0.2, -0.15) is 0 Å². The number of benzene rings is 2. The van der Waals surface area contributed by atoms with Gasteiger partial charge in [-0.05, 0) is 59.8 Å². The Bertz CT molecular complexity index is 945. The second-order valence-corrected chi connectivity index (χ2v) is 7.03. The predicted molar refractivity (Wildman–Crippen MR) is 115 cm³/mol. The smallest absolute Gasteiger partial charge is 0.266 e. The van der Waals surface area contributed by atoms with Crippen molar-refractivity contribution in [3.8, 4) is 23.0 Å². The number of carbonyl (C=O) groups is 1. The van der Waals surface area contributed by atoms with E-state index in [1.54, 1.807) is 53.7 Å². The zero-order valence-electron chi connectivity index (χ0n) is 16.9. The van der Waals surface area contributed by atoms with E-state index in [0.717, 1.165) is 17.0 Å². The Morgan fingerprint density at radius 3 is 2.07 bits per heavy atom. The van der Waals surface area contributed by atoms with Crippen LogP contribution in [-0.4, -0.2) is 51.5 Å². The lowest BCUT2D eigenvalue weighted by Gasteiger charge is -2.13. The third-order valence-electron chi connectivity index (χ3n) is 4.29. The van der Waals surface area contributed by atoms with Crippen molar-refractivity contribution >= 4 is 34.6 Å². The SMILES string of the molecule is COc1ccc(N=C2S/C(=C/c3cc(OC)c(OC)c(OC)c3)C(=O)N2C)cc1. The number of amides is 1. The maximum Gasteiger partial charge on any atom is 0.266 e. The monoisotopic (exact) mass is 414 g/mol. The normalized spacial score (nSPS) is 16.4. The zero-order valence-corrected chi connectivity index (χ0v) is 17.7. The first-order chi connectivity index (χ1) is 14.0. The summed E-state index contributed by atoms with van der Waals surface area (Å²) in [7, 11) is 7.97. The second kappa shape index (κ2) is 8.91. The highest BCUT2D eigenvalue weighted by Crippen LogP contribution is 2.40. The van der Waals surface area contributed by atoms with Crippen LogP contribution >= 0.6 is 11.8 Å². The van der Waals surface area contributed by atoms with E-state index in [1.807, 2.05) is 24.3 Å². The van der Waals surface area contributed by atoms with Crippen molar-refractivity contribution in [3.63, 3.8) is 0 Å². The molecule has 7 nitrogen and oxygen atoms in total. The lowest BCUT2D eigenvalue weighted by Crippen LogP contribution is -2.23. The van der Waals surface area contributed by atoms with Crippen LogP contribution < -0.4 is 18.9 Å². The topological polar surface area (TPSA) is 69.6 Å². The van der Waals surface area contributed by atoms with Crippen LogP contribution in [-0.2, 0) is 4.79 Å². The van der Waals surface area contributed by atoms with Gasteiger partial charge in [0, 0.05) is 7.05 Å². The van der Waals surface area contributed by atoms with Crippen LogP contribution in [0, 0.1) is 0 Å². The minimum Gasteiger partial charge on any atom is -0.497 e. The molecule has 1 aliphatic heterocycles. The number of likely N-dealkylation sites (N-methyl/N-ethyl adjacent to an activating group) is 1. The number of carbonyl (C=O) groups excluding carboxylic acids is 1. The first-order valence-corrected chi connectivity index (χ1v) is 9.52. The molecule has 1 saturated heterocycles. The Morgan fingerprint density at radius 2 is 1.55 bits per heavy atom. The quantitative estimate of drug-likeness (QED) is 0.667. The minimum atomic E-state index is -0.129. The van der Waals surface area contributed by atoms with Gasteiger partial charge in [0.2, 0.25) is 5.75 Å². The molecule has 0 unspecified atom stereocenters. The summed E-state index contributed by atoms with van der Waals surface area (Å²) in [5.41, 5.74) is 1.50. The summed E-state index contributed by atoms with van der Waals surface area (Å²) in [5.74, 6) is 2.17. The standard InChI is InChI=1S/C21H22N2O5S/c1-23-20(24)18(29-21(23)22-14-6-8-15(25-2)9-7-14)12-13-10-16(26-3)19(28-5)17(11-13)27-4/h6-12H,1-5H3/b18-12+,22-21?. The third kappa shape index (κ3) is 4.32. The molecule has 3 rings (SSSR count). The van der Waals surface area contributed by atoms with E-state index in [4.69, 9.17) is 18.9 Å². The number of thioether (sulfide) groups is 1. The molecule has 0 aromatic heterocycles.